The zero-order valence-corrected chi connectivity index (χ0v) is 13.3. The fourth-order valence-electron chi connectivity index (χ4n) is 2.98. The van der Waals surface area contributed by atoms with Gasteiger partial charge in [-0.15, -0.1) is 0 Å². The van der Waals surface area contributed by atoms with Gasteiger partial charge < -0.3 is 10.2 Å². The summed E-state index contributed by atoms with van der Waals surface area (Å²) in [6.45, 7) is 8.02. The Hall–Kier alpha value is -1.62. The van der Waals surface area contributed by atoms with Crippen LogP contribution in [0.2, 0.25) is 0 Å². The Balaban J connectivity index is 2.00. The molecule has 0 spiro atoms. The van der Waals surface area contributed by atoms with Crippen molar-refractivity contribution in [1.29, 1.82) is 0 Å². The number of nitrogens with zero attached hydrogens (tertiary/aromatic N) is 3. The summed E-state index contributed by atoms with van der Waals surface area (Å²) < 4.78 is 0. The molecule has 0 radical (unpaired) electrons. The molecule has 21 heavy (non-hydrogen) atoms. The molecule has 1 N–H and O–H groups in total. The van der Waals surface area contributed by atoms with Gasteiger partial charge in [0.25, 0.3) is 5.91 Å². The third-order valence-corrected chi connectivity index (χ3v) is 4.10. The topological polar surface area (TPSA) is 48.5 Å². The van der Waals surface area contributed by atoms with Gasteiger partial charge in [-0.2, -0.15) is 0 Å². The molecule has 1 fully saturated rings. The number of rotatable bonds is 6. The highest BCUT2D eigenvalue weighted by Gasteiger charge is 2.25. The summed E-state index contributed by atoms with van der Waals surface area (Å²) in [6, 6.07) is 4.11. The van der Waals surface area contributed by atoms with Crippen molar-refractivity contribution in [2.24, 2.45) is 0 Å². The summed E-state index contributed by atoms with van der Waals surface area (Å²) in [4.78, 5) is 21.0. The van der Waals surface area contributed by atoms with Crippen molar-refractivity contribution in [2.75, 3.05) is 38.5 Å². The number of pyridine rings is 1. The summed E-state index contributed by atoms with van der Waals surface area (Å²) in [5, 5.41) is 3.14. The lowest BCUT2D eigenvalue weighted by Crippen LogP contribution is -2.41. The normalized spacial score (nSPS) is 18.7. The molecule has 1 aromatic rings. The summed E-state index contributed by atoms with van der Waals surface area (Å²) >= 11 is 0. The van der Waals surface area contributed by atoms with Crippen LogP contribution < -0.4 is 5.32 Å². The average Bonchev–Trinajstić information content (AvgIpc) is 2.94. The summed E-state index contributed by atoms with van der Waals surface area (Å²) in [6.07, 6.45) is 4.11. The maximum atomic E-state index is 12.5. The lowest BCUT2D eigenvalue weighted by molar-refractivity contribution is 0.0754. The average molecular weight is 290 g/mol. The SMILES string of the molecule is CCNc1cc(C(=O)N(C)CC2CCCN2CC)ccn1. The highest BCUT2D eigenvalue weighted by atomic mass is 16.2. The maximum absolute atomic E-state index is 12.5. The molecule has 5 heteroatoms. The van der Waals surface area contributed by atoms with Crippen LogP contribution in [-0.4, -0.2) is 60.0 Å². The van der Waals surface area contributed by atoms with Crippen LogP contribution in [0.5, 0.6) is 0 Å². The fourth-order valence-corrected chi connectivity index (χ4v) is 2.98. The van der Waals surface area contributed by atoms with Crippen molar-refractivity contribution >= 4 is 11.7 Å². The van der Waals surface area contributed by atoms with Crippen molar-refractivity contribution in [3.8, 4) is 0 Å². The second-order valence-corrected chi connectivity index (χ2v) is 5.57. The Morgan fingerprint density at radius 3 is 3.05 bits per heavy atom. The Labute approximate surface area is 127 Å². The van der Waals surface area contributed by atoms with Gasteiger partial charge in [0.1, 0.15) is 5.82 Å². The van der Waals surface area contributed by atoms with Crippen molar-refractivity contribution in [3.05, 3.63) is 23.9 Å². The Morgan fingerprint density at radius 1 is 1.52 bits per heavy atom. The number of anilines is 1. The minimum absolute atomic E-state index is 0.0690. The number of carbonyl (C=O) groups is 1. The van der Waals surface area contributed by atoms with Gasteiger partial charge in [-0.1, -0.05) is 6.92 Å². The number of amides is 1. The van der Waals surface area contributed by atoms with Gasteiger partial charge in [-0.05, 0) is 45.0 Å². The first-order valence-corrected chi connectivity index (χ1v) is 7.85. The van der Waals surface area contributed by atoms with Gasteiger partial charge in [0, 0.05) is 37.9 Å². The number of likely N-dealkylation sites (tertiary alicyclic amines) is 1. The molecule has 1 atom stereocenters. The lowest BCUT2D eigenvalue weighted by atomic mass is 10.2. The van der Waals surface area contributed by atoms with Crippen LogP contribution in [0.1, 0.15) is 37.0 Å². The molecule has 116 valence electrons. The molecule has 1 aliphatic heterocycles. The number of aromatic nitrogens is 1. The third kappa shape index (κ3) is 3.94. The van der Waals surface area contributed by atoms with Crippen LogP contribution in [0.15, 0.2) is 18.3 Å². The van der Waals surface area contributed by atoms with Crippen LogP contribution in [0.3, 0.4) is 0 Å². The molecule has 1 saturated heterocycles. The van der Waals surface area contributed by atoms with Gasteiger partial charge in [-0.25, -0.2) is 4.98 Å². The van der Waals surface area contributed by atoms with Crippen LogP contribution in [-0.2, 0) is 0 Å². The van der Waals surface area contributed by atoms with E-state index in [9.17, 15) is 4.79 Å². The molecule has 0 aromatic carbocycles. The van der Waals surface area contributed by atoms with Gasteiger partial charge in [-0.3, -0.25) is 9.69 Å². The largest absolute Gasteiger partial charge is 0.370 e. The van der Waals surface area contributed by atoms with Gasteiger partial charge >= 0.3 is 0 Å². The van der Waals surface area contributed by atoms with Crippen LogP contribution >= 0.6 is 0 Å². The zero-order chi connectivity index (χ0) is 15.2. The molecule has 0 saturated carbocycles. The molecule has 1 unspecified atom stereocenters. The van der Waals surface area contributed by atoms with Crippen LogP contribution in [0.4, 0.5) is 5.82 Å². The van der Waals surface area contributed by atoms with Crippen molar-refractivity contribution < 1.29 is 4.79 Å². The first-order valence-electron chi connectivity index (χ1n) is 7.85. The van der Waals surface area contributed by atoms with Crippen LogP contribution in [0, 0.1) is 0 Å². The molecule has 2 rings (SSSR count). The van der Waals surface area contributed by atoms with Crippen molar-refractivity contribution in [2.45, 2.75) is 32.7 Å². The first kappa shape index (κ1) is 15.8. The maximum Gasteiger partial charge on any atom is 0.253 e. The van der Waals surface area contributed by atoms with Gasteiger partial charge in [0.05, 0.1) is 0 Å². The van der Waals surface area contributed by atoms with E-state index >= 15 is 0 Å². The Morgan fingerprint density at radius 2 is 2.33 bits per heavy atom. The second kappa shape index (κ2) is 7.41. The van der Waals surface area contributed by atoms with Crippen molar-refractivity contribution in [3.63, 3.8) is 0 Å². The van der Waals surface area contributed by atoms with E-state index in [1.54, 1.807) is 12.3 Å². The highest BCUT2D eigenvalue weighted by Crippen LogP contribution is 2.18. The van der Waals surface area contributed by atoms with Gasteiger partial charge in [0.15, 0.2) is 0 Å². The predicted octanol–water partition coefficient (Wildman–Crippen LogP) is 2.07. The minimum atomic E-state index is 0.0690. The smallest absolute Gasteiger partial charge is 0.253 e. The van der Waals surface area contributed by atoms with Gasteiger partial charge in [0.2, 0.25) is 0 Å². The van der Waals surface area contributed by atoms with Crippen molar-refractivity contribution in [1.82, 2.24) is 14.8 Å². The van der Waals surface area contributed by atoms with E-state index in [1.807, 2.05) is 24.9 Å². The number of carbonyl (C=O) groups excluding carboxylic acids is 1. The Bertz CT molecular complexity index is 477. The number of nitrogens with one attached hydrogen (secondary N) is 1. The van der Waals surface area contributed by atoms with E-state index in [-0.39, 0.29) is 5.91 Å². The van der Waals surface area contributed by atoms with E-state index in [1.165, 1.54) is 12.8 Å². The minimum Gasteiger partial charge on any atom is -0.370 e. The third-order valence-electron chi connectivity index (χ3n) is 4.10. The number of hydrogen-bond acceptors (Lipinski definition) is 4. The highest BCUT2D eigenvalue weighted by molar-refractivity contribution is 5.94. The van der Waals surface area contributed by atoms with Crippen LogP contribution in [0.25, 0.3) is 0 Å². The fraction of sp³-hybridized carbons (Fsp3) is 0.625. The monoisotopic (exact) mass is 290 g/mol. The number of hydrogen-bond donors (Lipinski definition) is 1. The molecule has 2 heterocycles. The lowest BCUT2D eigenvalue weighted by Gasteiger charge is -2.27. The Kier molecular flexibility index (Phi) is 5.56. The molecule has 0 bridgehead atoms. The molecule has 1 aromatic heterocycles. The van der Waals surface area contributed by atoms with E-state index < -0.39 is 0 Å². The second-order valence-electron chi connectivity index (χ2n) is 5.57. The number of likely N-dealkylation sites (N-methyl/N-ethyl adjacent to an activating group) is 2. The first-order chi connectivity index (χ1) is 10.2. The standard InChI is InChI=1S/C16H26N4O/c1-4-17-15-11-13(8-9-18-15)16(21)19(3)12-14-7-6-10-20(14)5-2/h8-9,11,14H,4-7,10,12H2,1-3H3,(H,17,18). The molecule has 0 aliphatic carbocycles. The molecule has 1 aliphatic rings. The van der Waals surface area contributed by atoms with E-state index in [2.05, 4.69) is 22.1 Å². The summed E-state index contributed by atoms with van der Waals surface area (Å²) in [5.74, 6) is 0.826. The molecular formula is C16H26N4O. The summed E-state index contributed by atoms with van der Waals surface area (Å²) in [7, 11) is 1.89. The molecular weight excluding hydrogens is 264 g/mol. The van der Waals surface area contributed by atoms with E-state index in [0.717, 1.165) is 32.0 Å². The van der Waals surface area contributed by atoms with E-state index in [4.69, 9.17) is 0 Å². The zero-order valence-electron chi connectivity index (χ0n) is 13.3. The summed E-state index contributed by atoms with van der Waals surface area (Å²) in [5.41, 5.74) is 0.699. The predicted molar refractivity (Wildman–Crippen MR) is 85.6 cm³/mol. The molecule has 5 nitrogen and oxygen atoms in total. The molecule has 1 amide bonds. The van der Waals surface area contributed by atoms with E-state index in [0.29, 0.717) is 11.6 Å². The quantitative estimate of drug-likeness (QED) is 0.871.